The first-order valence-corrected chi connectivity index (χ1v) is 7.45. The Morgan fingerprint density at radius 1 is 1.32 bits per heavy atom. The van der Waals surface area contributed by atoms with Crippen LogP contribution < -0.4 is 10.3 Å². The Balaban J connectivity index is 1.78. The molecule has 7 heteroatoms. The number of hydrogen-bond acceptors (Lipinski definition) is 6. The smallest absolute Gasteiger partial charge is 0.277 e. The lowest BCUT2D eigenvalue weighted by molar-refractivity contribution is 0.0912. The van der Waals surface area contributed by atoms with Gasteiger partial charge in [-0.2, -0.15) is 3.96 Å². The number of hydrogen-bond donors (Lipinski definition) is 0. The van der Waals surface area contributed by atoms with Crippen molar-refractivity contribution in [2.75, 3.05) is 7.11 Å². The van der Waals surface area contributed by atoms with Gasteiger partial charge >= 0.3 is 0 Å². The van der Waals surface area contributed by atoms with E-state index in [9.17, 15) is 9.59 Å². The maximum Gasteiger partial charge on any atom is 0.277 e. The number of rotatable bonds is 4. The minimum absolute atomic E-state index is 0.233. The maximum absolute atomic E-state index is 12.3. The van der Waals surface area contributed by atoms with Crippen LogP contribution in [0.15, 0.2) is 41.5 Å². The van der Waals surface area contributed by atoms with E-state index in [1.54, 1.807) is 37.7 Å². The van der Waals surface area contributed by atoms with E-state index in [1.807, 2.05) is 6.07 Å². The largest absolute Gasteiger partial charge is 0.481 e. The van der Waals surface area contributed by atoms with Gasteiger partial charge in [-0.15, -0.1) is 0 Å². The molecule has 0 aliphatic heterocycles. The van der Waals surface area contributed by atoms with E-state index in [0.717, 1.165) is 17.1 Å². The number of carbonyl (C=O) groups is 1. The summed E-state index contributed by atoms with van der Waals surface area (Å²) in [5.74, 6) is 0.275. The topological polar surface area (TPSA) is 74.1 Å². The van der Waals surface area contributed by atoms with Crippen LogP contribution in [0.2, 0.25) is 0 Å². The summed E-state index contributed by atoms with van der Waals surface area (Å²) in [4.78, 5) is 33.1. The van der Waals surface area contributed by atoms with Gasteiger partial charge in [0, 0.05) is 24.9 Å². The normalized spacial score (nSPS) is 10.8. The van der Waals surface area contributed by atoms with E-state index < -0.39 is 0 Å². The maximum atomic E-state index is 12.3. The van der Waals surface area contributed by atoms with Crippen LogP contribution in [-0.4, -0.2) is 26.9 Å². The highest BCUT2D eigenvalue weighted by molar-refractivity contribution is 7.14. The highest BCUT2D eigenvalue weighted by Crippen LogP contribution is 2.15. The molecule has 0 aromatic carbocycles. The van der Waals surface area contributed by atoms with Crippen molar-refractivity contribution < 1.29 is 9.53 Å². The third-order valence-corrected chi connectivity index (χ3v) is 4.28. The SMILES string of the molecule is COc1cc(CCC(=O)n2sc3ncccc3c2=O)ccn1. The number of methoxy groups -OCH3 is 1. The third-order valence-electron chi connectivity index (χ3n) is 3.23. The summed E-state index contributed by atoms with van der Waals surface area (Å²) in [6, 6.07) is 6.97. The van der Waals surface area contributed by atoms with E-state index >= 15 is 0 Å². The predicted octanol–water partition coefficient (Wildman–Crippen LogP) is 2.13. The first kappa shape index (κ1) is 14.4. The lowest BCUT2D eigenvalue weighted by Crippen LogP contribution is -2.21. The van der Waals surface area contributed by atoms with Crippen LogP contribution in [0.4, 0.5) is 0 Å². The second kappa shape index (κ2) is 6.07. The van der Waals surface area contributed by atoms with E-state index in [4.69, 9.17) is 4.74 Å². The number of pyridine rings is 2. The summed E-state index contributed by atoms with van der Waals surface area (Å²) in [6.45, 7) is 0. The molecule has 0 aliphatic carbocycles. The number of aromatic nitrogens is 3. The van der Waals surface area contributed by atoms with E-state index in [2.05, 4.69) is 9.97 Å². The zero-order valence-corrected chi connectivity index (χ0v) is 12.7. The van der Waals surface area contributed by atoms with Gasteiger partial charge in [0.2, 0.25) is 11.8 Å². The lowest BCUT2D eigenvalue weighted by Gasteiger charge is -2.03. The van der Waals surface area contributed by atoms with Crippen LogP contribution >= 0.6 is 11.5 Å². The van der Waals surface area contributed by atoms with Crippen molar-refractivity contribution >= 4 is 27.7 Å². The highest BCUT2D eigenvalue weighted by Gasteiger charge is 2.14. The van der Waals surface area contributed by atoms with Crippen LogP contribution in [0.1, 0.15) is 16.8 Å². The van der Waals surface area contributed by atoms with E-state index in [-0.39, 0.29) is 17.9 Å². The summed E-state index contributed by atoms with van der Waals surface area (Å²) in [5, 5.41) is 0.478. The van der Waals surface area contributed by atoms with E-state index in [0.29, 0.717) is 22.5 Å². The Kier molecular flexibility index (Phi) is 3.97. The molecule has 0 saturated carbocycles. The Morgan fingerprint density at radius 3 is 2.95 bits per heavy atom. The highest BCUT2D eigenvalue weighted by atomic mass is 32.1. The fourth-order valence-electron chi connectivity index (χ4n) is 2.10. The lowest BCUT2D eigenvalue weighted by atomic mass is 10.1. The fraction of sp³-hybridized carbons (Fsp3) is 0.200. The van der Waals surface area contributed by atoms with Gasteiger partial charge in [-0.3, -0.25) is 9.59 Å². The van der Waals surface area contributed by atoms with Crippen molar-refractivity contribution in [2.45, 2.75) is 12.8 Å². The van der Waals surface area contributed by atoms with Gasteiger partial charge in [0.15, 0.2) is 0 Å². The zero-order valence-electron chi connectivity index (χ0n) is 11.9. The molecule has 0 radical (unpaired) electrons. The molecule has 112 valence electrons. The van der Waals surface area contributed by atoms with Gasteiger partial charge in [0.1, 0.15) is 4.83 Å². The summed E-state index contributed by atoms with van der Waals surface area (Å²) in [5.41, 5.74) is 0.637. The number of carbonyl (C=O) groups excluding carboxylic acids is 1. The Bertz CT molecular complexity index is 885. The molecule has 0 unspecified atom stereocenters. The van der Waals surface area contributed by atoms with Gasteiger partial charge in [-0.25, -0.2) is 9.97 Å². The second-order valence-electron chi connectivity index (χ2n) is 4.65. The Labute approximate surface area is 130 Å². The summed E-state index contributed by atoms with van der Waals surface area (Å²) in [6.07, 6.45) is 4.00. The van der Waals surface area contributed by atoms with Crippen molar-refractivity contribution in [1.29, 1.82) is 0 Å². The Hall–Kier alpha value is -2.54. The predicted molar refractivity (Wildman–Crippen MR) is 83.6 cm³/mol. The second-order valence-corrected chi connectivity index (χ2v) is 5.58. The van der Waals surface area contributed by atoms with Gasteiger partial charge in [-0.05, 0) is 41.7 Å². The quantitative estimate of drug-likeness (QED) is 0.737. The molecule has 3 heterocycles. The molecule has 3 aromatic rings. The van der Waals surface area contributed by atoms with Gasteiger partial charge in [0.25, 0.3) is 5.56 Å². The average molecular weight is 315 g/mol. The fourth-order valence-corrected chi connectivity index (χ4v) is 3.01. The summed E-state index contributed by atoms with van der Waals surface area (Å²) >= 11 is 1.08. The number of nitrogens with zero attached hydrogens (tertiary/aromatic N) is 3. The number of aryl methyl sites for hydroxylation is 1. The Morgan fingerprint density at radius 2 is 2.18 bits per heavy atom. The molecule has 0 saturated heterocycles. The molecular formula is C15H13N3O3S. The molecule has 0 aliphatic rings. The van der Waals surface area contributed by atoms with Crippen molar-refractivity contribution in [3.05, 3.63) is 52.6 Å². The monoisotopic (exact) mass is 315 g/mol. The molecule has 0 spiro atoms. The molecule has 0 atom stereocenters. The van der Waals surface area contributed by atoms with Crippen LogP contribution in [-0.2, 0) is 6.42 Å². The van der Waals surface area contributed by atoms with Crippen molar-refractivity contribution in [3.8, 4) is 5.88 Å². The molecule has 6 nitrogen and oxygen atoms in total. The summed E-state index contributed by atoms with van der Waals surface area (Å²) in [7, 11) is 1.54. The molecule has 0 fully saturated rings. The average Bonchev–Trinajstić information content (AvgIpc) is 2.90. The van der Waals surface area contributed by atoms with Crippen molar-refractivity contribution in [2.24, 2.45) is 0 Å². The van der Waals surface area contributed by atoms with Crippen LogP contribution in [0, 0.1) is 0 Å². The molecule has 3 aromatic heterocycles. The number of ether oxygens (including phenoxy) is 1. The molecule has 0 amide bonds. The molecule has 0 bridgehead atoms. The molecular weight excluding hydrogens is 302 g/mol. The first-order chi connectivity index (χ1) is 10.7. The van der Waals surface area contributed by atoms with Crippen LogP contribution in [0.5, 0.6) is 5.88 Å². The molecule has 22 heavy (non-hydrogen) atoms. The minimum Gasteiger partial charge on any atom is -0.481 e. The zero-order chi connectivity index (χ0) is 15.5. The van der Waals surface area contributed by atoms with Gasteiger partial charge in [0.05, 0.1) is 12.5 Å². The molecule has 0 N–H and O–H groups in total. The summed E-state index contributed by atoms with van der Waals surface area (Å²) < 4.78 is 6.22. The van der Waals surface area contributed by atoms with Crippen LogP contribution in [0.25, 0.3) is 10.2 Å². The first-order valence-electron chi connectivity index (χ1n) is 6.68. The van der Waals surface area contributed by atoms with Crippen molar-refractivity contribution in [1.82, 2.24) is 13.9 Å². The van der Waals surface area contributed by atoms with Gasteiger partial charge in [-0.1, -0.05) is 0 Å². The van der Waals surface area contributed by atoms with Crippen LogP contribution in [0.3, 0.4) is 0 Å². The number of fused-ring (bicyclic) bond motifs is 1. The standard InChI is InChI=1S/C15H13N3O3S/c1-21-12-9-10(6-8-16-12)4-5-13(19)18-15(20)11-3-2-7-17-14(11)22-18/h2-3,6-9H,4-5H2,1H3. The van der Waals surface area contributed by atoms with Crippen molar-refractivity contribution in [3.63, 3.8) is 0 Å². The molecule has 3 rings (SSSR count). The minimum atomic E-state index is -0.301. The third kappa shape index (κ3) is 2.75. The van der Waals surface area contributed by atoms with Gasteiger partial charge < -0.3 is 4.74 Å². The van der Waals surface area contributed by atoms with E-state index in [1.165, 1.54) is 3.96 Å².